The van der Waals surface area contributed by atoms with Crippen molar-refractivity contribution in [2.45, 2.75) is 25.3 Å². The molecule has 19 heavy (non-hydrogen) atoms. The summed E-state index contributed by atoms with van der Waals surface area (Å²) in [5.41, 5.74) is 0. The molecule has 1 unspecified atom stereocenters. The Hall–Kier alpha value is -2.09. The van der Waals surface area contributed by atoms with Crippen LogP contribution in [0.15, 0.2) is 12.4 Å². The number of imidazole rings is 1. The maximum atomic E-state index is 11.4. The number of carbonyl (C=O) groups is 2. The van der Waals surface area contributed by atoms with E-state index >= 15 is 0 Å². The minimum Gasteiger partial charge on any atom is -0.480 e. The highest BCUT2D eigenvalue weighted by molar-refractivity contribution is 5.82. The van der Waals surface area contributed by atoms with Gasteiger partial charge in [0.1, 0.15) is 11.9 Å². The lowest BCUT2D eigenvalue weighted by Crippen LogP contribution is -2.46. The van der Waals surface area contributed by atoms with Crippen molar-refractivity contribution in [1.29, 1.82) is 0 Å². The van der Waals surface area contributed by atoms with Gasteiger partial charge in [0.2, 0.25) is 0 Å². The van der Waals surface area contributed by atoms with E-state index in [0.717, 1.165) is 5.82 Å². The SMILES string of the molecule is O=C(NCCCc1ncc[nH]1)NC(CCO)C(=O)O. The fourth-order valence-electron chi connectivity index (χ4n) is 1.49. The van der Waals surface area contributed by atoms with Gasteiger partial charge in [-0.25, -0.2) is 14.6 Å². The molecule has 2 amide bonds. The van der Waals surface area contributed by atoms with Crippen LogP contribution in [0.4, 0.5) is 4.79 Å². The molecule has 106 valence electrons. The first-order valence-corrected chi connectivity index (χ1v) is 5.99. The Bertz CT molecular complexity index is 393. The van der Waals surface area contributed by atoms with Crippen LogP contribution in [0.25, 0.3) is 0 Å². The van der Waals surface area contributed by atoms with Gasteiger partial charge in [0.05, 0.1) is 0 Å². The van der Waals surface area contributed by atoms with Crippen LogP contribution in [0.5, 0.6) is 0 Å². The zero-order valence-electron chi connectivity index (χ0n) is 10.4. The Labute approximate surface area is 110 Å². The van der Waals surface area contributed by atoms with Crippen LogP contribution in [0, 0.1) is 0 Å². The minimum absolute atomic E-state index is 0.0187. The first-order valence-electron chi connectivity index (χ1n) is 5.99. The van der Waals surface area contributed by atoms with Gasteiger partial charge in [-0.15, -0.1) is 0 Å². The molecule has 0 radical (unpaired) electrons. The van der Waals surface area contributed by atoms with E-state index in [1.807, 2.05) is 0 Å². The third kappa shape index (κ3) is 5.87. The highest BCUT2D eigenvalue weighted by atomic mass is 16.4. The van der Waals surface area contributed by atoms with E-state index in [2.05, 4.69) is 20.6 Å². The number of aromatic nitrogens is 2. The van der Waals surface area contributed by atoms with E-state index in [-0.39, 0.29) is 13.0 Å². The Morgan fingerprint density at radius 1 is 1.47 bits per heavy atom. The topological polar surface area (TPSA) is 127 Å². The van der Waals surface area contributed by atoms with E-state index in [9.17, 15) is 9.59 Å². The zero-order chi connectivity index (χ0) is 14.1. The first-order chi connectivity index (χ1) is 9.13. The van der Waals surface area contributed by atoms with Crippen molar-refractivity contribution in [1.82, 2.24) is 20.6 Å². The normalized spacial score (nSPS) is 11.8. The van der Waals surface area contributed by atoms with Gasteiger partial charge in [0.15, 0.2) is 0 Å². The highest BCUT2D eigenvalue weighted by Crippen LogP contribution is 1.94. The van der Waals surface area contributed by atoms with E-state index < -0.39 is 18.0 Å². The Morgan fingerprint density at radius 3 is 2.84 bits per heavy atom. The number of urea groups is 1. The monoisotopic (exact) mass is 270 g/mol. The number of aliphatic carboxylic acids is 1. The molecular formula is C11H18N4O4. The van der Waals surface area contributed by atoms with Gasteiger partial charge in [-0.1, -0.05) is 0 Å². The second-order valence-electron chi connectivity index (χ2n) is 3.94. The number of aromatic amines is 1. The van der Waals surface area contributed by atoms with Crippen molar-refractivity contribution in [2.75, 3.05) is 13.2 Å². The number of rotatable bonds is 8. The summed E-state index contributed by atoms with van der Waals surface area (Å²) >= 11 is 0. The summed E-state index contributed by atoms with van der Waals surface area (Å²) in [5, 5.41) is 22.3. The predicted octanol–water partition coefficient (Wildman–Crippen LogP) is -0.523. The number of amides is 2. The van der Waals surface area contributed by atoms with Crippen molar-refractivity contribution < 1.29 is 19.8 Å². The van der Waals surface area contributed by atoms with Gasteiger partial charge in [0.25, 0.3) is 0 Å². The van der Waals surface area contributed by atoms with Crippen molar-refractivity contribution in [2.24, 2.45) is 0 Å². The van der Waals surface area contributed by atoms with Crippen LogP contribution in [-0.2, 0) is 11.2 Å². The standard InChI is InChI=1S/C11H18N4O4/c16-7-3-8(10(17)18)15-11(19)14-4-1-2-9-12-5-6-13-9/h5-6,8,16H,1-4,7H2,(H,12,13)(H,17,18)(H2,14,15,19). The molecule has 5 N–H and O–H groups in total. The molecular weight excluding hydrogens is 252 g/mol. The summed E-state index contributed by atoms with van der Waals surface area (Å²) in [4.78, 5) is 29.1. The molecule has 8 nitrogen and oxygen atoms in total. The molecule has 0 saturated carbocycles. The highest BCUT2D eigenvalue weighted by Gasteiger charge is 2.18. The van der Waals surface area contributed by atoms with Gasteiger partial charge >= 0.3 is 12.0 Å². The molecule has 1 heterocycles. The third-order valence-corrected chi connectivity index (χ3v) is 2.45. The maximum Gasteiger partial charge on any atom is 0.326 e. The molecule has 1 aromatic heterocycles. The lowest BCUT2D eigenvalue weighted by Gasteiger charge is -2.13. The van der Waals surface area contributed by atoms with Gasteiger partial charge in [0, 0.05) is 38.4 Å². The van der Waals surface area contributed by atoms with E-state index in [1.165, 1.54) is 0 Å². The molecule has 0 aliphatic carbocycles. The first kappa shape index (κ1) is 15.0. The van der Waals surface area contributed by atoms with E-state index in [4.69, 9.17) is 10.2 Å². The van der Waals surface area contributed by atoms with Crippen molar-refractivity contribution in [3.05, 3.63) is 18.2 Å². The number of H-pyrrole nitrogens is 1. The van der Waals surface area contributed by atoms with Gasteiger partial charge in [-0.3, -0.25) is 0 Å². The molecule has 1 atom stereocenters. The number of hydrogen-bond acceptors (Lipinski definition) is 4. The van der Waals surface area contributed by atoms with Gasteiger partial charge < -0.3 is 25.8 Å². The van der Waals surface area contributed by atoms with Crippen molar-refractivity contribution in [3.63, 3.8) is 0 Å². The van der Waals surface area contributed by atoms with Crippen LogP contribution in [0.1, 0.15) is 18.7 Å². The number of carboxylic acids is 1. The number of aliphatic hydroxyl groups is 1. The molecule has 8 heteroatoms. The average Bonchev–Trinajstić information content (AvgIpc) is 2.87. The summed E-state index contributed by atoms with van der Waals surface area (Å²) in [6.07, 6.45) is 4.75. The fraction of sp³-hybridized carbons (Fsp3) is 0.545. The summed E-state index contributed by atoms with van der Waals surface area (Å²) < 4.78 is 0. The number of hydrogen-bond donors (Lipinski definition) is 5. The van der Waals surface area contributed by atoms with Crippen LogP contribution < -0.4 is 10.6 Å². The summed E-state index contributed by atoms with van der Waals surface area (Å²) in [6, 6.07) is -1.63. The number of aliphatic hydroxyl groups excluding tert-OH is 1. The van der Waals surface area contributed by atoms with Crippen LogP contribution in [0.3, 0.4) is 0 Å². The number of nitrogens with zero attached hydrogens (tertiary/aromatic N) is 1. The lowest BCUT2D eigenvalue weighted by molar-refractivity contribution is -0.139. The summed E-state index contributed by atoms with van der Waals surface area (Å²) in [7, 11) is 0. The minimum atomic E-state index is -1.17. The maximum absolute atomic E-state index is 11.4. The Kier molecular flexibility index (Phi) is 6.37. The third-order valence-electron chi connectivity index (χ3n) is 2.45. The summed E-state index contributed by atoms with van der Waals surface area (Å²) in [5.74, 6) is -0.328. The number of carbonyl (C=O) groups excluding carboxylic acids is 1. The van der Waals surface area contributed by atoms with Crippen LogP contribution in [0.2, 0.25) is 0 Å². The smallest absolute Gasteiger partial charge is 0.326 e. The Balaban J connectivity index is 2.17. The van der Waals surface area contributed by atoms with Crippen LogP contribution >= 0.6 is 0 Å². The molecule has 1 rings (SSSR count). The number of nitrogens with one attached hydrogen (secondary N) is 3. The predicted molar refractivity (Wildman–Crippen MR) is 66.6 cm³/mol. The quantitative estimate of drug-likeness (QED) is 0.406. The summed E-state index contributed by atoms with van der Waals surface area (Å²) in [6.45, 7) is 0.119. The molecule has 0 aromatic carbocycles. The molecule has 0 aliphatic heterocycles. The number of carboxylic acid groups (broad SMARTS) is 1. The molecule has 0 aliphatic rings. The second kappa shape index (κ2) is 8.09. The Morgan fingerprint density at radius 2 is 2.26 bits per heavy atom. The van der Waals surface area contributed by atoms with Gasteiger partial charge in [-0.2, -0.15) is 0 Å². The lowest BCUT2D eigenvalue weighted by atomic mass is 10.2. The van der Waals surface area contributed by atoms with E-state index in [1.54, 1.807) is 12.4 Å². The largest absolute Gasteiger partial charge is 0.480 e. The van der Waals surface area contributed by atoms with Gasteiger partial charge in [-0.05, 0) is 6.42 Å². The zero-order valence-corrected chi connectivity index (χ0v) is 10.4. The number of aryl methyl sites for hydroxylation is 1. The van der Waals surface area contributed by atoms with E-state index in [0.29, 0.717) is 19.4 Å². The average molecular weight is 270 g/mol. The molecule has 0 saturated heterocycles. The molecule has 0 spiro atoms. The van der Waals surface area contributed by atoms with Crippen molar-refractivity contribution >= 4 is 12.0 Å². The van der Waals surface area contributed by atoms with Crippen LogP contribution in [-0.4, -0.2) is 51.4 Å². The molecule has 0 bridgehead atoms. The van der Waals surface area contributed by atoms with Crippen molar-refractivity contribution in [3.8, 4) is 0 Å². The fourth-order valence-corrected chi connectivity index (χ4v) is 1.49. The molecule has 1 aromatic rings. The molecule has 0 fully saturated rings. The second-order valence-corrected chi connectivity index (χ2v) is 3.94.